The molecule has 3 rings (SSSR count). The fourth-order valence-electron chi connectivity index (χ4n) is 4.46. The normalized spacial score (nSPS) is 17.8. The molecule has 1 aliphatic rings. The summed E-state index contributed by atoms with van der Waals surface area (Å²) in [5.74, 6) is -1.24. The summed E-state index contributed by atoms with van der Waals surface area (Å²) >= 11 is 1.61. The maximum Gasteiger partial charge on any atom is 0.410 e. The first-order valence-corrected chi connectivity index (χ1v) is 13.2. The molecule has 2 aromatic rings. The molecule has 1 amide bonds. The number of amides is 1. The first-order valence-electron chi connectivity index (χ1n) is 12.0. The Hall–Kier alpha value is -3.00. The zero-order valence-corrected chi connectivity index (χ0v) is 22.8. The predicted octanol–water partition coefficient (Wildman–Crippen LogP) is 5.71. The Kier molecular flexibility index (Phi) is 8.39. The molecule has 0 unspecified atom stereocenters. The van der Waals surface area contributed by atoms with Gasteiger partial charge in [0.05, 0.1) is 6.10 Å². The minimum Gasteiger partial charge on any atom is -0.478 e. The number of ketones is 1. The van der Waals surface area contributed by atoms with Crippen LogP contribution in [0.15, 0.2) is 41.3 Å². The van der Waals surface area contributed by atoms with E-state index in [0.29, 0.717) is 17.9 Å². The van der Waals surface area contributed by atoms with Crippen LogP contribution in [0.5, 0.6) is 5.75 Å². The molecule has 1 N–H and O–H groups in total. The molecule has 7 nitrogen and oxygen atoms in total. The van der Waals surface area contributed by atoms with Gasteiger partial charge in [-0.3, -0.25) is 4.79 Å². The summed E-state index contributed by atoms with van der Waals surface area (Å²) in [4.78, 5) is 40.6. The van der Waals surface area contributed by atoms with Crippen molar-refractivity contribution >= 4 is 29.6 Å². The summed E-state index contributed by atoms with van der Waals surface area (Å²) in [5, 5.41) is 9.48. The number of rotatable bonds is 8. The van der Waals surface area contributed by atoms with Crippen LogP contribution < -0.4 is 4.74 Å². The molecule has 1 fully saturated rings. The number of carboxylic acid groups (broad SMARTS) is 1. The highest BCUT2D eigenvalue weighted by Gasteiger charge is 2.42. The second-order valence-corrected chi connectivity index (χ2v) is 10.9. The Balaban J connectivity index is 1.98. The smallest absolute Gasteiger partial charge is 0.410 e. The number of aryl methyl sites for hydroxylation is 2. The number of likely N-dealkylation sites (tertiary alicyclic amines) is 1. The number of thioether (sulfide) groups is 1. The lowest BCUT2D eigenvalue weighted by atomic mass is 9.82. The van der Waals surface area contributed by atoms with E-state index in [1.165, 1.54) is 13.8 Å². The Morgan fingerprint density at radius 3 is 2.14 bits per heavy atom. The van der Waals surface area contributed by atoms with Crippen molar-refractivity contribution in [3.05, 3.63) is 58.7 Å². The number of benzene rings is 2. The largest absolute Gasteiger partial charge is 0.478 e. The molecule has 0 bridgehead atoms. The van der Waals surface area contributed by atoms with Gasteiger partial charge in [-0.05, 0) is 76.6 Å². The molecule has 1 saturated heterocycles. The summed E-state index contributed by atoms with van der Waals surface area (Å²) in [6, 6.07) is 11.4. The Bertz CT molecular complexity index is 1120. The molecule has 36 heavy (non-hydrogen) atoms. The van der Waals surface area contributed by atoms with E-state index < -0.39 is 23.6 Å². The third-order valence-electron chi connectivity index (χ3n) is 6.41. The monoisotopic (exact) mass is 513 g/mol. The van der Waals surface area contributed by atoms with Gasteiger partial charge in [0.1, 0.15) is 5.75 Å². The van der Waals surface area contributed by atoms with E-state index in [0.717, 1.165) is 21.6 Å². The second-order valence-electron chi connectivity index (χ2n) is 10.0. The fraction of sp³-hybridized carbons (Fsp3) is 0.464. The van der Waals surface area contributed by atoms with Gasteiger partial charge in [0.2, 0.25) is 0 Å². The van der Waals surface area contributed by atoms with Gasteiger partial charge in [-0.1, -0.05) is 24.3 Å². The summed E-state index contributed by atoms with van der Waals surface area (Å²) in [6.07, 6.45) is 1.29. The van der Waals surface area contributed by atoms with E-state index in [2.05, 4.69) is 0 Å². The standard InChI is InChI=1S/C28H35NO6S/c1-16(2)34-27(33)29-14-22(23(15-29)24(30)19-8-10-21(36-7)11-9-19)20-12-17(3)25(18(4)13-20)35-28(5,6)26(31)32/h8-13,16,22-23H,14-15H2,1-7H3,(H,31,32)/t22-,23+/m0/s1. The molecule has 0 radical (unpaired) electrons. The third kappa shape index (κ3) is 6.03. The average molecular weight is 514 g/mol. The Labute approximate surface area is 217 Å². The summed E-state index contributed by atoms with van der Waals surface area (Å²) < 4.78 is 11.3. The van der Waals surface area contributed by atoms with Crippen molar-refractivity contribution in [2.75, 3.05) is 19.3 Å². The van der Waals surface area contributed by atoms with Gasteiger partial charge in [-0.25, -0.2) is 9.59 Å². The van der Waals surface area contributed by atoms with Crippen LogP contribution in [-0.4, -0.2) is 58.9 Å². The van der Waals surface area contributed by atoms with Gasteiger partial charge in [0, 0.05) is 35.4 Å². The number of carboxylic acids is 1. The van der Waals surface area contributed by atoms with Crippen LogP contribution in [-0.2, 0) is 9.53 Å². The van der Waals surface area contributed by atoms with Crippen LogP contribution in [0.2, 0.25) is 0 Å². The van der Waals surface area contributed by atoms with Gasteiger partial charge in [0.15, 0.2) is 11.4 Å². The van der Waals surface area contributed by atoms with Crippen molar-refractivity contribution in [1.29, 1.82) is 0 Å². The molecular weight excluding hydrogens is 478 g/mol. The Morgan fingerprint density at radius 1 is 1.06 bits per heavy atom. The highest BCUT2D eigenvalue weighted by Crippen LogP contribution is 2.39. The molecule has 0 saturated carbocycles. The van der Waals surface area contributed by atoms with E-state index >= 15 is 0 Å². The quantitative estimate of drug-likeness (QED) is 0.357. The lowest BCUT2D eigenvalue weighted by Crippen LogP contribution is -2.38. The lowest BCUT2D eigenvalue weighted by Gasteiger charge is -2.26. The molecule has 0 aromatic heterocycles. The SMILES string of the molecule is CSc1ccc(C(=O)[C@@H]2CN(C(=O)OC(C)C)C[C@H]2c2cc(C)c(OC(C)(C)C(=O)O)c(C)c2)cc1. The number of hydrogen-bond acceptors (Lipinski definition) is 6. The van der Waals surface area contributed by atoms with Crippen molar-refractivity contribution in [3.8, 4) is 5.75 Å². The number of hydrogen-bond donors (Lipinski definition) is 1. The zero-order valence-electron chi connectivity index (χ0n) is 22.0. The highest BCUT2D eigenvalue weighted by atomic mass is 32.2. The minimum absolute atomic E-state index is 0.0184. The molecule has 0 aliphatic carbocycles. The number of carbonyl (C=O) groups is 3. The third-order valence-corrected chi connectivity index (χ3v) is 7.15. The van der Waals surface area contributed by atoms with Gasteiger partial charge in [0.25, 0.3) is 0 Å². The van der Waals surface area contributed by atoms with Crippen molar-refractivity contribution < 1.29 is 29.0 Å². The first-order chi connectivity index (χ1) is 16.8. The van der Waals surface area contributed by atoms with Gasteiger partial charge < -0.3 is 19.5 Å². The predicted molar refractivity (Wildman–Crippen MR) is 140 cm³/mol. The second kappa shape index (κ2) is 10.9. The van der Waals surface area contributed by atoms with Gasteiger partial charge >= 0.3 is 12.1 Å². The van der Waals surface area contributed by atoms with Crippen LogP contribution in [0.25, 0.3) is 0 Å². The molecule has 0 spiro atoms. The van der Waals surface area contributed by atoms with Crippen molar-refractivity contribution in [2.24, 2.45) is 5.92 Å². The zero-order chi connectivity index (χ0) is 26.8. The molecule has 2 aromatic carbocycles. The molecule has 1 aliphatic heterocycles. The number of carbonyl (C=O) groups excluding carboxylic acids is 2. The Morgan fingerprint density at radius 2 is 1.64 bits per heavy atom. The maximum absolute atomic E-state index is 13.6. The van der Waals surface area contributed by atoms with E-state index in [4.69, 9.17) is 9.47 Å². The van der Waals surface area contributed by atoms with Crippen LogP contribution in [0.4, 0.5) is 4.79 Å². The molecule has 194 valence electrons. The maximum atomic E-state index is 13.6. The molecular formula is C28H35NO6S. The summed E-state index contributed by atoms with van der Waals surface area (Å²) in [7, 11) is 0. The van der Waals surface area contributed by atoms with Crippen LogP contribution in [0, 0.1) is 19.8 Å². The molecule has 8 heteroatoms. The van der Waals surface area contributed by atoms with E-state index in [-0.39, 0.29) is 24.3 Å². The number of ether oxygens (including phenoxy) is 2. The fourth-order valence-corrected chi connectivity index (χ4v) is 4.87. The van der Waals surface area contributed by atoms with Crippen molar-refractivity contribution in [2.45, 2.75) is 64.1 Å². The summed E-state index contributed by atoms with van der Waals surface area (Å²) in [5.41, 5.74) is 1.68. The van der Waals surface area contributed by atoms with Gasteiger partial charge in [-0.15, -0.1) is 11.8 Å². The number of Topliss-reactive ketones (excluding diaryl/α,β-unsaturated/α-hetero) is 1. The first kappa shape index (κ1) is 27.6. The number of nitrogens with zero attached hydrogens (tertiary/aromatic N) is 1. The minimum atomic E-state index is -1.39. The van der Waals surface area contributed by atoms with Crippen molar-refractivity contribution in [1.82, 2.24) is 4.90 Å². The van der Waals surface area contributed by atoms with E-state index in [9.17, 15) is 19.5 Å². The van der Waals surface area contributed by atoms with E-state index in [1.54, 1.807) is 30.5 Å². The molecule has 1 heterocycles. The topological polar surface area (TPSA) is 93.1 Å². The molecule has 2 atom stereocenters. The van der Waals surface area contributed by atoms with Crippen LogP contribution in [0.1, 0.15) is 60.7 Å². The van der Waals surface area contributed by atoms with Gasteiger partial charge in [-0.2, -0.15) is 0 Å². The summed E-state index contributed by atoms with van der Waals surface area (Å²) in [6.45, 7) is 11.0. The van der Waals surface area contributed by atoms with Crippen molar-refractivity contribution in [3.63, 3.8) is 0 Å². The van der Waals surface area contributed by atoms with Crippen LogP contribution >= 0.6 is 11.8 Å². The average Bonchev–Trinajstić information content (AvgIpc) is 3.26. The highest BCUT2D eigenvalue weighted by molar-refractivity contribution is 7.98. The van der Waals surface area contributed by atoms with Crippen LogP contribution in [0.3, 0.4) is 0 Å². The number of aliphatic carboxylic acids is 1. The van der Waals surface area contributed by atoms with E-state index in [1.807, 2.05) is 56.5 Å². The lowest BCUT2D eigenvalue weighted by molar-refractivity contribution is -0.152.